The van der Waals surface area contributed by atoms with Crippen LogP contribution in [0.5, 0.6) is 5.75 Å². The Kier molecular flexibility index (Phi) is 7.93. The number of benzene rings is 2. The highest BCUT2D eigenvalue weighted by Gasteiger charge is 2.29. The van der Waals surface area contributed by atoms with Crippen molar-refractivity contribution in [3.63, 3.8) is 0 Å². The van der Waals surface area contributed by atoms with Crippen LogP contribution in [0.2, 0.25) is 0 Å². The van der Waals surface area contributed by atoms with Gasteiger partial charge in [0.2, 0.25) is 10.0 Å². The summed E-state index contributed by atoms with van der Waals surface area (Å²) in [5.74, 6) is -0.0499. The number of hydrogen-bond acceptors (Lipinski definition) is 5. The molecule has 2 unspecified atom stereocenters. The van der Waals surface area contributed by atoms with Crippen LogP contribution in [0, 0.1) is 5.92 Å². The normalized spacial score (nSPS) is 18.3. The number of urea groups is 1. The molecule has 9 nitrogen and oxygen atoms in total. The maximum absolute atomic E-state index is 13.1. The SMILES string of the molecule is CNC(=O)Nc1ccc(NC(=O)c2ccc(OC)c(S(=O)(=O)NC3CCCCC3C)c2)cc1. The first-order valence-electron chi connectivity index (χ1n) is 10.8. The maximum Gasteiger partial charge on any atom is 0.318 e. The van der Waals surface area contributed by atoms with Crippen LogP contribution in [0.25, 0.3) is 0 Å². The van der Waals surface area contributed by atoms with Crippen LogP contribution in [0.1, 0.15) is 43.0 Å². The third-order valence-corrected chi connectivity index (χ3v) is 7.27. The average Bonchev–Trinajstić information content (AvgIpc) is 2.81. The van der Waals surface area contributed by atoms with Gasteiger partial charge in [-0.25, -0.2) is 17.9 Å². The highest BCUT2D eigenvalue weighted by atomic mass is 32.2. The van der Waals surface area contributed by atoms with Gasteiger partial charge in [-0.2, -0.15) is 0 Å². The number of carbonyl (C=O) groups excluding carboxylic acids is 2. The summed E-state index contributed by atoms with van der Waals surface area (Å²) in [7, 11) is -0.978. The number of rotatable bonds is 7. The Morgan fingerprint density at radius 1 is 0.970 bits per heavy atom. The molecule has 178 valence electrons. The van der Waals surface area contributed by atoms with E-state index in [9.17, 15) is 18.0 Å². The van der Waals surface area contributed by atoms with Gasteiger partial charge in [0.15, 0.2) is 0 Å². The number of nitrogens with one attached hydrogen (secondary N) is 4. The zero-order valence-corrected chi connectivity index (χ0v) is 19.8. The molecule has 3 amide bonds. The molecular formula is C23H30N4O5S. The van der Waals surface area contributed by atoms with Crippen LogP contribution in [-0.4, -0.2) is 40.6 Å². The number of amides is 3. The van der Waals surface area contributed by atoms with Crippen molar-refractivity contribution in [3.8, 4) is 5.75 Å². The first kappa shape index (κ1) is 24.5. The Bertz CT molecular complexity index is 1100. The van der Waals surface area contributed by atoms with Crippen molar-refractivity contribution < 1.29 is 22.7 Å². The summed E-state index contributed by atoms with van der Waals surface area (Å²) in [6, 6.07) is 10.4. The fourth-order valence-corrected chi connectivity index (χ4v) is 5.39. The van der Waals surface area contributed by atoms with Crippen LogP contribution < -0.4 is 25.4 Å². The average molecular weight is 475 g/mol. The van der Waals surface area contributed by atoms with Gasteiger partial charge < -0.3 is 20.7 Å². The lowest BCUT2D eigenvalue weighted by Crippen LogP contribution is -2.41. The summed E-state index contributed by atoms with van der Waals surface area (Å²) < 4.78 is 34.4. The van der Waals surface area contributed by atoms with Crippen molar-refractivity contribution in [1.82, 2.24) is 10.0 Å². The topological polar surface area (TPSA) is 126 Å². The van der Waals surface area contributed by atoms with Crippen LogP contribution in [0.15, 0.2) is 47.4 Å². The smallest absolute Gasteiger partial charge is 0.318 e. The molecule has 4 N–H and O–H groups in total. The summed E-state index contributed by atoms with van der Waals surface area (Å²) in [6.07, 6.45) is 3.84. The summed E-state index contributed by atoms with van der Waals surface area (Å²) in [5, 5.41) is 7.81. The van der Waals surface area contributed by atoms with Crippen molar-refractivity contribution >= 4 is 33.3 Å². The predicted molar refractivity (Wildman–Crippen MR) is 127 cm³/mol. The van der Waals surface area contributed by atoms with Crippen LogP contribution in [-0.2, 0) is 10.0 Å². The van der Waals surface area contributed by atoms with Crippen molar-refractivity contribution in [2.24, 2.45) is 5.92 Å². The molecular weight excluding hydrogens is 444 g/mol. The molecule has 33 heavy (non-hydrogen) atoms. The third-order valence-electron chi connectivity index (χ3n) is 5.76. The lowest BCUT2D eigenvalue weighted by molar-refractivity contribution is 0.102. The quantitative estimate of drug-likeness (QED) is 0.488. The van der Waals surface area contributed by atoms with E-state index >= 15 is 0 Å². The van der Waals surface area contributed by atoms with Gasteiger partial charge in [0.25, 0.3) is 5.91 Å². The number of methoxy groups -OCH3 is 1. The second kappa shape index (κ2) is 10.7. The molecule has 0 aliphatic heterocycles. The Labute approximate surface area is 194 Å². The molecule has 1 aliphatic rings. The Morgan fingerprint density at radius 3 is 2.21 bits per heavy atom. The highest BCUT2D eigenvalue weighted by molar-refractivity contribution is 7.89. The zero-order valence-electron chi connectivity index (χ0n) is 19.0. The molecule has 2 atom stereocenters. The molecule has 2 aromatic rings. The minimum absolute atomic E-state index is 0.0689. The van der Waals surface area contributed by atoms with Gasteiger partial charge >= 0.3 is 6.03 Å². The van der Waals surface area contributed by atoms with Crippen LogP contribution in [0.3, 0.4) is 0 Å². The van der Waals surface area contributed by atoms with Gasteiger partial charge in [0, 0.05) is 30.0 Å². The summed E-state index contributed by atoms with van der Waals surface area (Å²) in [5.41, 5.74) is 1.24. The molecule has 1 fully saturated rings. The molecule has 1 saturated carbocycles. The van der Waals surface area contributed by atoms with Gasteiger partial charge in [0.1, 0.15) is 10.6 Å². The van der Waals surface area contributed by atoms with Gasteiger partial charge in [0.05, 0.1) is 7.11 Å². The molecule has 0 bridgehead atoms. The minimum Gasteiger partial charge on any atom is -0.495 e. The Hall–Kier alpha value is -3.11. The lowest BCUT2D eigenvalue weighted by atomic mass is 9.87. The number of anilines is 2. The molecule has 10 heteroatoms. The van der Waals surface area contributed by atoms with Gasteiger partial charge in [-0.05, 0) is 61.2 Å². The first-order valence-corrected chi connectivity index (χ1v) is 12.3. The fraction of sp³-hybridized carbons (Fsp3) is 0.391. The Morgan fingerprint density at radius 2 is 1.61 bits per heavy atom. The number of ether oxygens (including phenoxy) is 1. The number of hydrogen-bond donors (Lipinski definition) is 4. The zero-order chi connectivity index (χ0) is 24.0. The Balaban J connectivity index is 1.78. The van der Waals surface area contributed by atoms with E-state index in [1.54, 1.807) is 24.3 Å². The van der Waals surface area contributed by atoms with Gasteiger partial charge in [-0.1, -0.05) is 19.8 Å². The minimum atomic E-state index is -3.89. The van der Waals surface area contributed by atoms with Crippen molar-refractivity contribution in [2.45, 2.75) is 43.5 Å². The molecule has 3 rings (SSSR count). The summed E-state index contributed by atoms with van der Waals surface area (Å²) in [4.78, 5) is 24.1. The highest BCUT2D eigenvalue weighted by Crippen LogP contribution is 2.29. The molecule has 0 spiro atoms. The lowest BCUT2D eigenvalue weighted by Gasteiger charge is -2.29. The first-order chi connectivity index (χ1) is 15.7. The maximum atomic E-state index is 13.1. The second-order valence-corrected chi connectivity index (χ2v) is 9.77. The van der Waals surface area contributed by atoms with Crippen molar-refractivity contribution in [3.05, 3.63) is 48.0 Å². The van der Waals surface area contributed by atoms with E-state index in [0.29, 0.717) is 11.4 Å². The van der Waals surface area contributed by atoms with E-state index < -0.39 is 15.9 Å². The van der Waals surface area contributed by atoms with E-state index in [1.165, 1.54) is 32.4 Å². The number of sulfonamides is 1. The van der Waals surface area contributed by atoms with Crippen LogP contribution in [0.4, 0.5) is 16.2 Å². The van der Waals surface area contributed by atoms with Crippen molar-refractivity contribution in [1.29, 1.82) is 0 Å². The van der Waals surface area contributed by atoms with Gasteiger partial charge in [-0.3, -0.25) is 4.79 Å². The summed E-state index contributed by atoms with van der Waals surface area (Å²) >= 11 is 0. The molecule has 1 aliphatic carbocycles. The predicted octanol–water partition coefficient (Wildman–Crippen LogP) is 3.56. The van der Waals surface area contributed by atoms with E-state index in [2.05, 4.69) is 20.7 Å². The fourth-order valence-electron chi connectivity index (χ4n) is 3.82. The molecule has 2 aromatic carbocycles. The number of carbonyl (C=O) groups is 2. The van der Waals surface area contributed by atoms with E-state index in [-0.39, 0.29) is 34.2 Å². The van der Waals surface area contributed by atoms with Crippen molar-refractivity contribution in [2.75, 3.05) is 24.8 Å². The molecule has 0 aromatic heterocycles. The van der Waals surface area contributed by atoms with Gasteiger partial charge in [-0.15, -0.1) is 0 Å². The van der Waals surface area contributed by atoms with Crippen LogP contribution >= 0.6 is 0 Å². The monoisotopic (exact) mass is 474 g/mol. The van der Waals surface area contributed by atoms with E-state index in [1.807, 2.05) is 6.92 Å². The molecule has 0 radical (unpaired) electrons. The standard InChI is InChI=1S/C23H30N4O5S/c1-15-6-4-5-7-19(15)27-33(30,31)21-14-16(8-13-20(21)32-3)22(28)25-17-9-11-18(12-10-17)26-23(29)24-2/h8-15,19,27H,4-7H2,1-3H3,(H,25,28)(H2,24,26,29). The second-order valence-electron chi connectivity index (χ2n) is 8.09. The van der Waals surface area contributed by atoms with E-state index in [0.717, 1.165) is 25.7 Å². The molecule has 0 saturated heterocycles. The third kappa shape index (κ3) is 6.23. The molecule has 0 heterocycles. The largest absolute Gasteiger partial charge is 0.495 e. The summed E-state index contributed by atoms with van der Waals surface area (Å²) in [6.45, 7) is 2.04. The van der Waals surface area contributed by atoms with E-state index in [4.69, 9.17) is 4.74 Å².